The fourth-order valence-corrected chi connectivity index (χ4v) is 3.47. The summed E-state index contributed by atoms with van der Waals surface area (Å²) < 4.78 is 27.9. The van der Waals surface area contributed by atoms with Gasteiger partial charge in [0, 0.05) is 18.6 Å². The number of hydrogen-bond donors (Lipinski definition) is 2. The van der Waals surface area contributed by atoms with Gasteiger partial charge in [0.15, 0.2) is 0 Å². The van der Waals surface area contributed by atoms with Crippen LogP contribution in [0.5, 0.6) is 0 Å². The fourth-order valence-electron chi connectivity index (χ4n) is 1.75. The Hall–Kier alpha value is -0.170. The Morgan fingerprint density at radius 2 is 1.93 bits per heavy atom. The third-order valence-corrected chi connectivity index (χ3v) is 4.73. The summed E-state index contributed by atoms with van der Waals surface area (Å²) in [4.78, 5) is 0. The minimum atomic E-state index is -3.36. The monoisotopic (exact) mass is 234 g/mol. The van der Waals surface area contributed by atoms with Gasteiger partial charge >= 0.3 is 0 Å². The van der Waals surface area contributed by atoms with Crippen molar-refractivity contribution in [2.45, 2.75) is 44.2 Å². The second-order valence-corrected chi connectivity index (χ2v) is 5.97. The molecule has 2 rings (SSSR count). The van der Waals surface area contributed by atoms with E-state index in [2.05, 4.69) is 4.72 Å². The van der Waals surface area contributed by atoms with Gasteiger partial charge in [0.05, 0.1) is 6.61 Å². The van der Waals surface area contributed by atoms with E-state index in [9.17, 15) is 8.42 Å². The first kappa shape index (κ1) is 11.3. The van der Waals surface area contributed by atoms with Gasteiger partial charge in [-0.3, -0.25) is 0 Å². The number of nitrogens with zero attached hydrogens (tertiary/aromatic N) is 1. The maximum atomic E-state index is 11.9. The number of aliphatic hydroxyl groups excluding tert-OH is 1. The van der Waals surface area contributed by atoms with Crippen molar-refractivity contribution in [1.82, 2.24) is 9.03 Å². The van der Waals surface area contributed by atoms with E-state index in [1.165, 1.54) is 4.31 Å². The molecule has 0 unspecified atom stereocenters. The average Bonchev–Trinajstić information content (AvgIpc) is 2.83. The molecule has 2 aliphatic carbocycles. The van der Waals surface area contributed by atoms with E-state index in [1.54, 1.807) is 0 Å². The first-order valence-electron chi connectivity index (χ1n) is 5.53. The number of hydrogen-bond acceptors (Lipinski definition) is 3. The number of nitrogens with one attached hydrogen (secondary N) is 1. The van der Waals surface area contributed by atoms with E-state index in [-0.39, 0.29) is 25.2 Å². The van der Waals surface area contributed by atoms with Crippen molar-refractivity contribution in [3.63, 3.8) is 0 Å². The summed E-state index contributed by atoms with van der Waals surface area (Å²) in [6, 6.07) is 0.240. The maximum Gasteiger partial charge on any atom is 0.280 e. The predicted molar refractivity (Wildman–Crippen MR) is 56.5 cm³/mol. The molecule has 0 aliphatic heterocycles. The minimum Gasteiger partial charge on any atom is -0.395 e. The van der Waals surface area contributed by atoms with Crippen LogP contribution >= 0.6 is 0 Å². The van der Waals surface area contributed by atoms with Crippen molar-refractivity contribution < 1.29 is 13.5 Å². The van der Waals surface area contributed by atoms with Crippen LogP contribution in [0, 0.1) is 0 Å². The van der Waals surface area contributed by atoms with Crippen LogP contribution in [0.25, 0.3) is 0 Å². The molecule has 0 spiro atoms. The molecule has 6 heteroatoms. The molecular formula is C9H18N2O3S. The molecule has 0 aromatic rings. The lowest BCUT2D eigenvalue weighted by atomic mass is 9.93. The zero-order valence-corrected chi connectivity index (χ0v) is 9.54. The lowest BCUT2D eigenvalue weighted by Gasteiger charge is -2.36. The molecule has 88 valence electrons. The van der Waals surface area contributed by atoms with Gasteiger partial charge in [0.2, 0.25) is 0 Å². The van der Waals surface area contributed by atoms with Crippen LogP contribution in [-0.4, -0.2) is 43.1 Å². The van der Waals surface area contributed by atoms with Crippen LogP contribution in [0.2, 0.25) is 0 Å². The highest BCUT2D eigenvalue weighted by Crippen LogP contribution is 2.28. The van der Waals surface area contributed by atoms with E-state index < -0.39 is 10.2 Å². The van der Waals surface area contributed by atoms with Crippen molar-refractivity contribution in [1.29, 1.82) is 0 Å². The lowest BCUT2D eigenvalue weighted by Crippen LogP contribution is -2.50. The van der Waals surface area contributed by atoms with Crippen molar-refractivity contribution >= 4 is 10.2 Å². The van der Waals surface area contributed by atoms with E-state index in [4.69, 9.17) is 5.11 Å². The summed E-state index contributed by atoms with van der Waals surface area (Å²) in [5.74, 6) is 0. The Bertz CT molecular complexity index is 309. The summed E-state index contributed by atoms with van der Waals surface area (Å²) in [6.07, 6.45) is 4.82. The Labute approximate surface area is 90.6 Å². The highest BCUT2D eigenvalue weighted by molar-refractivity contribution is 7.87. The Balaban J connectivity index is 2.00. The molecule has 0 amide bonds. The van der Waals surface area contributed by atoms with Gasteiger partial charge in [-0.15, -0.1) is 0 Å². The highest BCUT2D eigenvalue weighted by Gasteiger charge is 2.36. The van der Waals surface area contributed by atoms with E-state index in [0.29, 0.717) is 0 Å². The largest absolute Gasteiger partial charge is 0.395 e. The van der Waals surface area contributed by atoms with Crippen LogP contribution in [-0.2, 0) is 10.2 Å². The molecule has 0 saturated heterocycles. The minimum absolute atomic E-state index is 0.105. The van der Waals surface area contributed by atoms with Gasteiger partial charge in [-0.05, 0) is 25.7 Å². The van der Waals surface area contributed by atoms with Crippen LogP contribution in [0.1, 0.15) is 32.1 Å². The van der Waals surface area contributed by atoms with Crippen LogP contribution in [0.4, 0.5) is 0 Å². The summed E-state index contributed by atoms with van der Waals surface area (Å²) in [6.45, 7) is 0.106. The van der Waals surface area contributed by atoms with E-state index in [1.807, 2.05) is 0 Å². The topological polar surface area (TPSA) is 69.6 Å². The predicted octanol–water partition coefficient (Wildman–Crippen LogP) is -0.170. The zero-order chi connectivity index (χ0) is 10.9. The summed E-state index contributed by atoms with van der Waals surface area (Å²) >= 11 is 0. The molecule has 2 fully saturated rings. The second-order valence-electron chi connectivity index (χ2n) is 4.32. The quantitative estimate of drug-likeness (QED) is 0.670. The van der Waals surface area contributed by atoms with Crippen LogP contribution in [0.3, 0.4) is 0 Å². The van der Waals surface area contributed by atoms with Gasteiger partial charge in [-0.2, -0.15) is 17.4 Å². The number of aliphatic hydroxyl groups is 1. The molecule has 0 atom stereocenters. The zero-order valence-electron chi connectivity index (χ0n) is 8.72. The van der Waals surface area contributed by atoms with E-state index in [0.717, 1.165) is 32.1 Å². The standard InChI is InChI=1S/C9H18N2O3S/c12-7-6-11(9-2-1-3-9)15(13,14)10-8-4-5-8/h8-10,12H,1-7H2. The maximum absolute atomic E-state index is 11.9. The molecule has 0 aromatic carbocycles. The van der Waals surface area contributed by atoms with Crippen molar-refractivity contribution in [3.05, 3.63) is 0 Å². The van der Waals surface area contributed by atoms with Gasteiger partial charge in [-0.1, -0.05) is 6.42 Å². The van der Waals surface area contributed by atoms with Gasteiger partial charge in [0.25, 0.3) is 10.2 Å². The third-order valence-electron chi connectivity index (χ3n) is 3.00. The van der Waals surface area contributed by atoms with Crippen molar-refractivity contribution in [2.75, 3.05) is 13.2 Å². The number of rotatable bonds is 6. The molecule has 2 saturated carbocycles. The molecule has 2 N–H and O–H groups in total. The second kappa shape index (κ2) is 4.37. The normalized spacial score (nSPS) is 23.1. The van der Waals surface area contributed by atoms with Crippen molar-refractivity contribution in [3.8, 4) is 0 Å². The molecule has 0 radical (unpaired) electrons. The SMILES string of the molecule is O=S(=O)(NC1CC1)N(CCO)C1CCC1. The van der Waals surface area contributed by atoms with E-state index >= 15 is 0 Å². The molecular weight excluding hydrogens is 216 g/mol. The fraction of sp³-hybridized carbons (Fsp3) is 1.00. The smallest absolute Gasteiger partial charge is 0.280 e. The lowest BCUT2D eigenvalue weighted by molar-refractivity contribution is 0.176. The molecule has 0 heterocycles. The van der Waals surface area contributed by atoms with Crippen molar-refractivity contribution in [2.24, 2.45) is 0 Å². The molecule has 5 nitrogen and oxygen atoms in total. The molecule has 0 bridgehead atoms. The van der Waals surface area contributed by atoms with Gasteiger partial charge in [0.1, 0.15) is 0 Å². The summed E-state index contributed by atoms with van der Waals surface area (Å²) in [5.41, 5.74) is 0. The first-order chi connectivity index (χ1) is 7.13. The summed E-state index contributed by atoms with van der Waals surface area (Å²) in [7, 11) is -3.36. The Morgan fingerprint density at radius 3 is 2.33 bits per heavy atom. The first-order valence-corrected chi connectivity index (χ1v) is 6.97. The summed E-state index contributed by atoms with van der Waals surface area (Å²) in [5, 5.41) is 8.88. The Morgan fingerprint density at radius 1 is 1.27 bits per heavy atom. The molecule has 2 aliphatic rings. The van der Waals surface area contributed by atoms with Crippen LogP contribution in [0.15, 0.2) is 0 Å². The highest BCUT2D eigenvalue weighted by atomic mass is 32.2. The van der Waals surface area contributed by atoms with Gasteiger partial charge in [-0.25, -0.2) is 0 Å². The van der Waals surface area contributed by atoms with Crippen LogP contribution < -0.4 is 4.72 Å². The molecule has 0 aromatic heterocycles. The average molecular weight is 234 g/mol. The third kappa shape index (κ3) is 2.69. The Kier molecular flexibility index (Phi) is 3.30. The molecule has 15 heavy (non-hydrogen) atoms. The van der Waals surface area contributed by atoms with Gasteiger partial charge < -0.3 is 5.11 Å².